The molecule has 0 aliphatic heterocycles. The van der Waals surface area contributed by atoms with Crippen LogP contribution in [0, 0.1) is 0 Å². The van der Waals surface area contributed by atoms with Crippen LogP contribution in [0.4, 0.5) is 0 Å². The highest BCUT2D eigenvalue weighted by Crippen LogP contribution is 2.23. The number of hydrogen-bond acceptors (Lipinski definition) is 2. The maximum Gasteiger partial charge on any atom is 0.254 e. The monoisotopic (exact) mass is 265 g/mol. The second-order valence-corrected chi connectivity index (χ2v) is 5.53. The van der Waals surface area contributed by atoms with Gasteiger partial charge in [0.1, 0.15) is 0 Å². The average Bonchev–Trinajstić information content (AvgIpc) is 2.39. The van der Waals surface area contributed by atoms with Crippen molar-refractivity contribution in [2.75, 3.05) is 18.8 Å². The molecule has 0 spiro atoms. The van der Waals surface area contributed by atoms with Gasteiger partial charge in [-0.05, 0) is 30.7 Å². The van der Waals surface area contributed by atoms with Crippen molar-refractivity contribution >= 4 is 17.7 Å². The SMILES string of the molecule is CCCN(CCC)C(=O)c1ccccc1SCC. The van der Waals surface area contributed by atoms with Gasteiger partial charge in [0.15, 0.2) is 0 Å². The smallest absolute Gasteiger partial charge is 0.254 e. The molecule has 0 unspecified atom stereocenters. The molecule has 1 aromatic rings. The van der Waals surface area contributed by atoms with Crippen LogP contribution in [0.25, 0.3) is 0 Å². The first-order valence-electron chi connectivity index (χ1n) is 6.75. The maximum absolute atomic E-state index is 12.5. The molecule has 0 fully saturated rings. The standard InChI is InChI=1S/C15H23NOS/c1-4-11-16(12-5-2)15(17)13-9-7-8-10-14(13)18-6-3/h7-10H,4-6,11-12H2,1-3H3. The molecule has 0 aliphatic carbocycles. The van der Waals surface area contributed by atoms with Crippen LogP contribution in [0.2, 0.25) is 0 Å². The van der Waals surface area contributed by atoms with Gasteiger partial charge in [-0.25, -0.2) is 0 Å². The van der Waals surface area contributed by atoms with Crippen LogP contribution in [0.5, 0.6) is 0 Å². The third-order valence-corrected chi connectivity index (χ3v) is 3.65. The van der Waals surface area contributed by atoms with E-state index in [2.05, 4.69) is 20.8 Å². The van der Waals surface area contributed by atoms with E-state index in [0.29, 0.717) is 0 Å². The number of carbonyl (C=O) groups is 1. The summed E-state index contributed by atoms with van der Waals surface area (Å²) in [7, 11) is 0. The molecule has 0 bridgehead atoms. The highest BCUT2D eigenvalue weighted by Gasteiger charge is 2.17. The Morgan fingerprint density at radius 2 is 1.72 bits per heavy atom. The average molecular weight is 265 g/mol. The van der Waals surface area contributed by atoms with Gasteiger partial charge in [0.2, 0.25) is 0 Å². The number of rotatable bonds is 7. The van der Waals surface area contributed by atoms with E-state index in [4.69, 9.17) is 0 Å². The Kier molecular flexibility index (Phi) is 6.88. The minimum absolute atomic E-state index is 0.176. The van der Waals surface area contributed by atoms with Crippen molar-refractivity contribution in [1.82, 2.24) is 4.90 Å². The van der Waals surface area contributed by atoms with Crippen molar-refractivity contribution in [1.29, 1.82) is 0 Å². The zero-order valence-corrected chi connectivity index (χ0v) is 12.4. The quantitative estimate of drug-likeness (QED) is 0.693. The summed E-state index contributed by atoms with van der Waals surface area (Å²) in [6.07, 6.45) is 2.02. The fourth-order valence-corrected chi connectivity index (χ4v) is 2.75. The van der Waals surface area contributed by atoms with Gasteiger partial charge >= 0.3 is 0 Å². The largest absolute Gasteiger partial charge is 0.339 e. The zero-order chi connectivity index (χ0) is 13.4. The molecule has 1 rings (SSSR count). The van der Waals surface area contributed by atoms with Gasteiger partial charge in [0.05, 0.1) is 5.56 Å². The van der Waals surface area contributed by atoms with E-state index in [0.717, 1.165) is 42.1 Å². The minimum Gasteiger partial charge on any atom is -0.339 e. The predicted octanol–water partition coefficient (Wildman–Crippen LogP) is 4.06. The van der Waals surface area contributed by atoms with Gasteiger partial charge in [-0.3, -0.25) is 4.79 Å². The number of nitrogens with zero attached hydrogens (tertiary/aromatic N) is 1. The first-order chi connectivity index (χ1) is 8.74. The van der Waals surface area contributed by atoms with Crippen molar-refractivity contribution in [3.05, 3.63) is 29.8 Å². The van der Waals surface area contributed by atoms with Crippen LogP contribution in [0.15, 0.2) is 29.2 Å². The van der Waals surface area contributed by atoms with Crippen molar-refractivity contribution in [3.8, 4) is 0 Å². The normalized spacial score (nSPS) is 10.4. The fraction of sp³-hybridized carbons (Fsp3) is 0.533. The molecule has 2 nitrogen and oxygen atoms in total. The Balaban J connectivity index is 2.92. The highest BCUT2D eigenvalue weighted by molar-refractivity contribution is 7.99. The molecular formula is C15H23NOS. The summed E-state index contributed by atoms with van der Waals surface area (Å²) in [5, 5.41) is 0. The number of thioether (sulfide) groups is 1. The molecule has 0 aromatic heterocycles. The Morgan fingerprint density at radius 1 is 1.11 bits per heavy atom. The molecule has 0 heterocycles. The molecule has 0 aliphatic rings. The minimum atomic E-state index is 0.176. The first kappa shape index (κ1) is 15.1. The first-order valence-corrected chi connectivity index (χ1v) is 7.74. The summed E-state index contributed by atoms with van der Waals surface area (Å²) in [4.78, 5) is 15.6. The van der Waals surface area contributed by atoms with Crippen LogP contribution in [0.3, 0.4) is 0 Å². The molecule has 100 valence electrons. The molecule has 0 radical (unpaired) electrons. The summed E-state index contributed by atoms with van der Waals surface area (Å²) in [5.41, 5.74) is 0.853. The molecule has 3 heteroatoms. The molecule has 0 saturated heterocycles. The topological polar surface area (TPSA) is 20.3 Å². The highest BCUT2D eigenvalue weighted by atomic mass is 32.2. The molecule has 18 heavy (non-hydrogen) atoms. The van der Waals surface area contributed by atoms with Crippen molar-refractivity contribution in [2.24, 2.45) is 0 Å². The van der Waals surface area contributed by atoms with E-state index < -0.39 is 0 Å². The third kappa shape index (κ3) is 4.05. The summed E-state index contributed by atoms with van der Waals surface area (Å²) < 4.78 is 0. The Bertz CT molecular complexity index is 373. The summed E-state index contributed by atoms with van der Waals surface area (Å²) in [5.74, 6) is 1.17. The Labute approximate surface area is 115 Å². The van der Waals surface area contributed by atoms with Crippen LogP contribution in [0.1, 0.15) is 44.0 Å². The summed E-state index contributed by atoms with van der Waals surface area (Å²) in [6, 6.07) is 7.93. The van der Waals surface area contributed by atoms with Gasteiger partial charge in [-0.15, -0.1) is 11.8 Å². The Morgan fingerprint density at radius 3 is 2.28 bits per heavy atom. The fourth-order valence-electron chi connectivity index (χ4n) is 1.95. The van der Waals surface area contributed by atoms with Crippen molar-refractivity contribution in [2.45, 2.75) is 38.5 Å². The predicted molar refractivity (Wildman–Crippen MR) is 79.3 cm³/mol. The third-order valence-electron chi connectivity index (χ3n) is 2.69. The van der Waals surface area contributed by atoms with E-state index in [1.54, 1.807) is 11.8 Å². The number of hydrogen-bond donors (Lipinski definition) is 0. The summed E-state index contributed by atoms with van der Waals surface area (Å²) >= 11 is 1.74. The molecule has 0 N–H and O–H groups in total. The lowest BCUT2D eigenvalue weighted by Gasteiger charge is -2.22. The van der Waals surface area contributed by atoms with Gasteiger partial charge in [0, 0.05) is 18.0 Å². The molecule has 1 amide bonds. The van der Waals surface area contributed by atoms with Crippen molar-refractivity contribution < 1.29 is 4.79 Å². The van der Waals surface area contributed by atoms with Crippen molar-refractivity contribution in [3.63, 3.8) is 0 Å². The van der Waals surface area contributed by atoms with Crippen LogP contribution in [-0.4, -0.2) is 29.6 Å². The van der Waals surface area contributed by atoms with E-state index in [-0.39, 0.29) is 5.91 Å². The number of carbonyl (C=O) groups excluding carboxylic acids is 1. The van der Waals surface area contributed by atoms with Gasteiger partial charge < -0.3 is 4.90 Å². The van der Waals surface area contributed by atoms with Crippen LogP contribution in [-0.2, 0) is 0 Å². The van der Waals surface area contributed by atoms with E-state index >= 15 is 0 Å². The van der Waals surface area contributed by atoms with E-state index in [9.17, 15) is 4.79 Å². The molecule has 0 saturated carbocycles. The van der Waals surface area contributed by atoms with Gasteiger partial charge in [-0.1, -0.05) is 32.9 Å². The zero-order valence-electron chi connectivity index (χ0n) is 11.6. The lowest BCUT2D eigenvalue weighted by atomic mass is 10.2. The number of benzene rings is 1. The van der Waals surface area contributed by atoms with Gasteiger partial charge in [0.25, 0.3) is 5.91 Å². The second-order valence-electron chi connectivity index (χ2n) is 4.22. The molecule has 1 aromatic carbocycles. The second kappa shape index (κ2) is 8.20. The van der Waals surface area contributed by atoms with E-state index in [1.165, 1.54) is 0 Å². The Hall–Kier alpha value is -0.960. The lowest BCUT2D eigenvalue weighted by Crippen LogP contribution is -2.32. The summed E-state index contributed by atoms with van der Waals surface area (Å²) in [6.45, 7) is 8.03. The van der Waals surface area contributed by atoms with Crippen LogP contribution < -0.4 is 0 Å². The number of amides is 1. The van der Waals surface area contributed by atoms with Crippen LogP contribution >= 0.6 is 11.8 Å². The maximum atomic E-state index is 12.5. The molecule has 0 atom stereocenters. The lowest BCUT2D eigenvalue weighted by molar-refractivity contribution is 0.0752. The molecular weight excluding hydrogens is 242 g/mol. The van der Waals surface area contributed by atoms with E-state index in [1.807, 2.05) is 29.2 Å². The van der Waals surface area contributed by atoms with Gasteiger partial charge in [-0.2, -0.15) is 0 Å².